The van der Waals surface area contributed by atoms with Crippen molar-refractivity contribution in [3.05, 3.63) is 35.9 Å². The van der Waals surface area contributed by atoms with Crippen LogP contribution in [0.1, 0.15) is 84.6 Å². The van der Waals surface area contributed by atoms with Crippen molar-refractivity contribution >= 4 is 62.9 Å². The highest BCUT2D eigenvalue weighted by atomic mass is 33.1. The minimum atomic E-state index is -0.560. The van der Waals surface area contributed by atoms with Gasteiger partial charge in [0, 0.05) is 78.0 Å². The van der Waals surface area contributed by atoms with Gasteiger partial charge in [-0.25, -0.2) is 0 Å². The number of rotatable bonds is 31. The van der Waals surface area contributed by atoms with E-state index in [-0.39, 0.29) is 105 Å². The van der Waals surface area contributed by atoms with Crippen LogP contribution in [0.4, 0.5) is 0 Å². The maximum atomic E-state index is 12.4. The monoisotopic (exact) mass is 1050 g/mol. The Kier molecular flexibility index (Phi) is 62.2. The molecule has 0 saturated heterocycles. The summed E-state index contributed by atoms with van der Waals surface area (Å²) >= 11 is 0. The van der Waals surface area contributed by atoms with Crippen LogP contribution in [-0.2, 0) is 40.0 Å². The van der Waals surface area contributed by atoms with Gasteiger partial charge in [0.25, 0.3) is 0 Å². The van der Waals surface area contributed by atoms with Crippen LogP contribution >= 0.6 is 21.6 Å². The first kappa shape index (κ1) is 79.0. The highest BCUT2D eigenvalue weighted by molar-refractivity contribution is 8.76. The van der Waals surface area contributed by atoms with Crippen molar-refractivity contribution in [2.45, 2.75) is 110 Å². The zero-order valence-electron chi connectivity index (χ0n) is 45.4. The molecular formula is C49H98N8O12S2. The second-order valence-corrected chi connectivity index (χ2v) is 19.0. The highest BCUT2D eigenvalue weighted by Crippen LogP contribution is 2.16. The van der Waals surface area contributed by atoms with E-state index in [1.807, 2.05) is 44.2 Å². The van der Waals surface area contributed by atoms with Gasteiger partial charge in [-0.1, -0.05) is 79.6 Å². The Morgan fingerprint density at radius 1 is 0.577 bits per heavy atom. The molecule has 0 aliphatic rings. The van der Waals surface area contributed by atoms with Gasteiger partial charge in [-0.2, -0.15) is 0 Å². The van der Waals surface area contributed by atoms with Gasteiger partial charge in [-0.15, -0.1) is 0 Å². The summed E-state index contributed by atoms with van der Waals surface area (Å²) in [6.45, 7) is 7.75. The lowest BCUT2D eigenvalue weighted by molar-refractivity contribution is -0.130. The third kappa shape index (κ3) is 45.0. The number of nitrogens with two attached hydrogens (primary N) is 2. The van der Waals surface area contributed by atoms with Crippen molar-refractivity contribution in [1.82, 2.24) is 31.9 Å². The van der Waals surface area contributed by atoms with Crippen molar-refractivity contribution in [2.75, 3.05) is 95.4 Å². The van der Waals surface area contributed by atoms with E-state index < -0.39 is 23.7 Å². The van der Waals surface area contributed by atoms with Crippen molar-refractivity contribution in [3.63, 3.8) is 0 Å². The Morgan fingerprint density at radius 3 is 1.15 bits per heavy atom. The molecule has 0 spiro atoms. The van der Waals surface area contributed by atoms with Crippen molar-refractivity contribution in [2.24, 2.45) is 41.1 Å². The number of carbonyl (C=O) groups is 7. The molecule has 3 amide bonds. The SMILES string of the molecule is CN.CNC(=O)[C@H](CCO)CC(=O)[C@H](CC(C)C)NC.CNC(=O)[C@H](CCO)CC(=O)[C@H](Cc1ccccc1)NC.CN[C@@H](CC(C)C)C(=O)C[C@@H](CCO)C(N)=O.CN[C@H](C=O)CO.CO.CSSC. The van der Waals surface area contributed by atoms with Crippen LogP contribution in [0.25, 0.3) is 0 Å². The summed E-state index contributed by atoms with van der Waals surface area (Å²) in [6, 6.07) is 8.59. The van der Waals surface area contributed by atoms with E-state index in [4.69, 9.17) is 31.3 Å². The third-order valence-corrected chi connectivity index (χ3v) is 11.6. The first-order valence-electron chi connectivity index (χ1n) is 23.8. The summed E-state index contributed by atoms with van der Waals surface area (Å²) < 4.78 is 0. The summed E-state index contributed by atoms with van der Waals surface area (Å²) in [7, 11) is 16.0. The lowest BCUT2D eigenvalue weighted by atomic mass is 9.91. The second kappa shape index (κ2) is 55.9. The maximum Gasteiger partial charge on any atom is 0.223 e. The Morgan fingerprint density at radius 2 is 0.915 bits per heavy atom. The molecule has 1 rings (SSSR count). The molecule has 22 heteroatoms. The quantitative estimate of drug-likeness (QED) is 0.0355. The number of aliphatic hydroxyl groups excluding tert-OH is 5. The molecule has 20 nitrogen and oxygen atoms in total. The molecule has 1 aromatic rings. The molecule has 0 saturated carbocycles. The van der Waals surface area contributed by atoms with E-state index in [1.165, 1.54) is 14.1 Å². The molecule has 0 bridgehead atoms. The van der Waals surface area contributed by atoms with E-state index in [0.29, 0.717) is 37.4 Å². The van der Waals surface area contributed by atoms with Crippen LogP contribution in [-0.4, -0.2) is 186 Å². The standard InChI is InChI=1S/C16H24N2O3.C13H26N2O3.C12H24N2O3.C4H9NO2.C2H6S2.CH5N.CH4O/c1-17-14(10-12-6-4-3-5-7-12)15(20)11-13(8-9-19)16(21)18-2;1-9(2)7-11(14-3)12(17)8-10(5-6-16)13(18)15-4;1-8(2)6-10(14-3)11(16)7-9(4-5-15)12(13)17;1-5-4(2-6)3-7;1-3-4-2;2*1-2/h3-7,13-14,17,19H,8-11H2,1-2H3,(H,18,21);9-11,14,16H,5-8H2,1-4H3,(H,15,18);8-10,14-15H,4-7H2,1-3H3,(H2,13,17);2,4-5,7H,3H2,1H3;1-2H3;2H2,1H3;2H,1H3/t13-,14+;10-,11+;9-,10+;4-;;;/m1111.../s1. The Bertz CT molecular complexity index is 1450. The van der Waals surface area contributed by atoms with Gasteiger partial charge in [0.05, 0.1) is 30.8 Å². The Hall–Kier alpha value is -3.39. The summed E-state index contributed by atoms with van der Waals surface area (Å²) in [5.74, 6) is -1.54. The maximum absolute atomic E-state index is 12.4. The van der Waals surface area contributed by atoms with E-state index >= 15 is 0 Å². The van der Waals surface area contributed by atoms with Gasteiger partial charge in [-0.05, 0) is 104 Å². The van der Waals surface area contributed by atoms with Crippen LogP contribution in [0.5, 0.6) is 0 Å². The Balaban J connectivity index is -0.000000196. The molecule has 0 unspecified atom stereocenters. The predicted molar refractivity (Wildman–Crippen MR) is 291 cm³/mol. The van der Waals surface area contributed by atoms with Gasteiger partial charge in [0.1, 0.15) is 6.29 Å². The van der Waals surface area contributed by atoms with E-state index in [1.54, 1.807) is 56.8 Å². The van der Waals surface area contributed by atoms with Gasteiger partial charge >= 0.3 is 0 Å². The van der Waals surface area contributed by atoms with Gasteiger partial charge in [0.2, 0.25) is 17.7 Å². The topological polar surface area (TPSA) is 345 Å². The summed E-state index contributed by atoms with van der Waals surface area (Å²) in [5.41, 5.74) is 10.8. The number of primary amides is 1. The van der Waals surface area contributed by atoms with Crippen LogP contribution in [0, 0.1) is 29.6 Å². The lowest BCUT2D eigenvalue weighted by Gasteiger charge is -2.20. The molecule has 418 valence electrons. The zero-order chi connectivity index (χ0) is 56.3. The van der Waals surface area contributed by atoms with Gasteiger partial charge in [0.15, 0.2) is 17.3 Å². The van der Waals surface area contributed by atoms with Crippen molar-refractivity contribution in [1.29, 1.82) is 0 Å². The lowest BCUT2D eigenvalue weighted by Crippen LogP contribution is -2.39. The van der Waals surface area contributed by atoms with E-state index in [2.05, 4.69) is 64.0 Å². The molecule has 1 aromatic carbocycles. The Labute approximate surface area is 434 Å². The molecule has 0 radical (unpaired) electrons. The minimum absolute atomic E-state index is 0.0107. The number of likely N-dealkylation sites (N-methyl/N-ethyl adjacent to an activating group) is 4. The summed E-state index contributed by atoms with van der Waals surface area (Å²) in [6.07, 6.45) is 8.17. The molecular weight excluding hydrogens is 957 g/mol. The average molecular weight is 1060 g/mol. The number of carbonyl (C=O) groups excluding carboxylic acids is 7. The molecule has 0 aliphatic heterocycles. The smallest absolute Gasteiger partial charge is 0.223 e. The molecule has 71 heavy (non-hydrogen) atoms. The fraction of sp³-hybridized carbons (Fsp3) is 0.735. The number of amides is 3. The second-order valence-electron chi connectivity index (χ2n) is 16.3. The van der Waals surface area contributed by atoms with Gasteiger partial charge in [-0.3, -0.25) is 28.8 Å². The van der Waals surface area contributed by atoms with Crippen molar-refractivity contribution in [3.8, 4) is 0 Å². The van der Waals surface area contributed by atoms with Crippen LogP contribution in [0.3, 0.4) is 0 Å². The number of hydrogen-bond donors (Lipinski definition) is 13. The number of aliphatic hydroxyl groups is 5. The summed E-state index contributed by atoms with van der Waals surface area (Å²) in [4.78, 5) is 80.5. The first-order chi connectivity index (χ1) is 33.7. The normalized spacial score (nSPS) is 13.0. The van der Waals surface area contributed by atoms with E-state index in [0.717, 1.165) is 25.5 Å². The third-order valence-electron chi connectivity index (χ3n) is 10.2. The van der Waals surface area contributed by atoms with Crippen molar-refractivity contribution < 1.29 is 59.1 Å². The molecule has 15 N–H and O–H groups in total. The number of Topliss-reactive ketones (excluding diaryl/α,β-unsaturated/α-hetero) is 3. The molecule has 7 atom stereocenters. The van der Waals surface area contributed by atoms with Crippen LogP contribution in [0.2, 0.25) is 0 Å². The molecule has 0 fully saturated rings. The molecule has 0 aromatic heterocycles. The van der Waals surface area contributed by atoms with E-state index in [9.17, 15) is 33.6 Å². The first-order valence-corrected chi connectivity index (χ1v) is 26.7. The number of ketones is 3. The number of hydrogen-bond acceptors (Lipinski definition) is 19. The highest BCUT2D eigenvalue weighted by Gasteiger charge is 2.27. The van der Waals surface area contributed by atoms with Gasteiger partial charge < -0.3 is 73.7 Å². The number of benzene rings is 1. The molecule has 0 heterocycles. The zero-order valence-corrected chi connectivity index (χ0v) is 47.1. The predicted octanol–water partition coefficient (Wildman–Crippen LogP) is 0.485. The fourth-order valence-corrected chi connectivity index (χ4v) is 6.22. The number of aldehydes is 1. The largest absolute Gasteiger partial charge is 0.400 e. The minimum Gasteiger partial charge on any atom is -0.400 e. The van der Waals surface area contributed by atoms with Crippen LogP contribution in [0.15, 0.2) is 30.3 Å². The fourth-order valence-electron chi connectivity index (χ4n) is 6.22. The number of nitrogens with one attached hydrogen (secondary N) is 6. The molecule has 0 aliphatic carbocycles. The van der Waals surface area contributed by atoms with Crippen LogP contribution < -0.4 is 43.4 Å². The average Bonchev–Trinajstić information content (AvgIpc) is 3.37. The summed E-state index contributed by atoms with van der Waals surface area (Å²) in [5, 5.41) is 58.6.